The van der Waals surface area contributed by atoms with Gasteiger partial charge in [0.2, 0.25) is 0 Å². The van der Waals surface area contributed by atoms with Gasteiger partial charge in [0.25, 0.3) is 0 Å². The fraction of sp³-hybridized carbons (Fsp3) is 0.417. The van der Waals surface area contributed by atoms with Gasteiger partial charge < -0.3 is 9.47 Å². The highest BCUT2D eigenvalue weighted by molar-refractivity contribution is 6.32. The lowest BCUT2D eigenvalue weighted by Gasteiger charge is -2.43. The van der Waals surface area contributed by atoms with Crippen LogP contribution in [0.4, 0.5) is 13.2 Å². The van der Waals surface area contributed by atoms with E-state index in [1.165, 1.54) is 0 Å². The summed E-state index contributed by atoms with van der Waals surface area (Å²) in [6.07, 6.45) is -3.96. The Balaban J connectivity index is 2.03. The van der Waals surface area contributed by atoms with Crippen LogP contribution in [-0.2, 0) is 26.9 Å². The summed E-state index contributed by atoms with van der Waals surface area (Å²) in [6.45, 7) is 8.42. The molecule has 0 N–H and O–H groups in total. The SMILES string of the molecule is CCc1ccc(Oc2ccc(C(F)(F)F)cc2Cl)cc1C1C(=O)C(C)(C)OC(C)(C)C1=O. The Morgan fingerprint density at radius 3 is 2.09 bits per heavy atom. The van der Waals surface area contributed by atoms with E-state index in [2.05, 4.69) is 0 Å². The number of carbonyl (C=O) groups is 2. The lowest BCUT2D eigenvalue weighted by atomic mass is 9.73. The van der Waals surface area contributed by atoms with Gasteiger partial charge in [-0.15, -0.1) is 0 Å². The number of hydrogen-bond acceptors (Lipinski definition) is 4. The molecule has 0 bridgehead atoms. The first-order valence-corrected chi connectivity index (χ1v) is 10.5. The third-order valence-corrected chi connectivity index (χ3v) is 5.81. The Hall–Kier alpha value is -2.38. The number of rotatable bonds is 4. The second-order valence-electron chi connectivity index (χ2n) is 8.74. The average Bonchev–Trinajstić information content (AvgIpc) is 2.67. The number of aryl methyl sites for hydroxylation is 1. The third-order valence-electron chi connectivity index (χ3n) is 5.52. The summed E-state index contributed by atoms with van der Waals surface area (Å²) >= 11 is 6.00. The standard InChI is InChI=1S/C24H24ClF3O4/c1-6-13-7-9-15(31-18-10-8-14(11-17(18)25)24(26,27)28)12-16(13)19-20(29)22(2,3)32-23(4,5)21(19)30/h7-12,19H,6H2,1-5H3. The molecule has 4 nitrogen and oxygen atoms in total. The third kappa shape index (κ3) is 4.55. The van der Waals surface area contributed by atoms with Crippen molar-refractivity contribution in [3.05, 3.63) is 58.1 Å². The van der Waals surface area contributed by atoms with Crippen molar-refractivity contribution in [2.24, 2.45) is 0 Å². The number of ketones is 2. The molecule has 0 aromatic heterocycles. The number of alkyl halides is 3. The van der Waals surface area contributed by atoms with E-state index in [4.69, 9.17) is 21.1 Å². The summed E-state index contributed by atoms with van der Waals surface area (Å²) in [5, 5.41) is -0.207. The maximum atomic E-state index is 13.2. The van der Waals surface area contributed by atoms with E-state index >= 15 is 0 Å². The summed E-state index contributed by atoms with van der Waals surface area (Å²) in [5.74, 6) is -1.49. The molecule has 1 heterocycles. The van der Waals surface area contributed by atoms with Gasteiger partial charge in [0.05, 0.1) is 10.6 Å². The van der Waals surface area contributed by atoms with Crippen molar-refractivity contribution in [2.45, 2.75) is 64.3 Å². The normalized spacial score (nSPS) is 18.7. The van der Waals surface area contributed by atoms with Crippen LogP contribution in [0.25, 0.3) is 0 Å². The Kier molecular flexibility index (Phi) is 6.21. The fourth-order valence-corrected chi connectivity index (χ4v) is 4.17. The Bertz CT molecular complexity index is 1050. The quantitative estimate of drug-likeness (QED) is 0.479. The predicted molar refractivity (Wildman–Crippen MR) is 114 cm³/mol. The maximum Gasteiger partial charge on any atom is 0.416 e. The van der Waals surface area contributed by atoms with Crippen LogP contribution in [0.1, 0.15) is 57.2 Å². The number of ether oxygens (including phenoxy) is 2. The van der Waals surface area contributed by atoms with Crippen LogP contribution in [0.5, 0.6) is 11.5 Å². The van der Waals surface area contributed by atoms with Crippen molar-refractivity contribution >= 4 is 23.2 Å². The summed E-state index contributed by atoms with van der Waals surface area (Å²) in [7, 11) is 0. The minimum atomic E-state index is -4.53. The molecule has 0 unspecified atom stereocenters. The topological polar surface area (TPSA) is 52.6 Å². The zero-order valence-electron chi connectivity index (χ0n) is 18.4. The number of hydrogen-bond donors (Lipinski definition) is 0. The van der Waals surface area contributed by atoms with Gasteiger partial charge in [-0.3, -0.25) is 9.59 Å². The van der Waals surface area contributed by atoms with Crippen molar-refractivity contribution < 1.29 is 32.2 Å². The van der Waals surface area contributed by atoms with Crippen molar-refractivity contribution in [2.75, 3.05) is 0 Å². The minimum absolute atomic E-state index is 0.0279. The van der Waals surface area contributed by atoms with Gasteiger partial charge in [-0.2, -0.15) is 13.2 Å². The summed E-state index contributed by atoms with van der Waals surface area (Å²) < 4.78 is 50.2. The van der Waals surface area contributed by atoms with Gasteiger partial charge in [0.15, 0.2) is 11.6 Å². The molecule has 32 heavy (non-hydrogen) atoms. The van der Waals surface area contributed by atoms with Crippen molar-refractivity contribution in [3.8, 4) is 11.5 Å². The lowest BCUT2D eigenvalue weighted by molar-refractivity contribution is -0.184. The molecule has 0 spiro atoms. The van der Waals surface area contributed by atoms with Crippen LogP contribution in [0.3, 0.4) is 0 Å². The van der Waals surface area contributed by atoms with Crippen molar-refractivity contribution in [1.82, 2.24) is 0 Å². The molecular weight excluding hydrogens is 445 g/mol. The van der Waals surface area contributed by atoms with E-state index in [0.717, 1.165) is 23.8 Å². The molecule has 172 valence electrons. The van der Waals surface area contributed by atoms with Crippen LogP contribution in [0.15, 0.2) is 36.4 Å². The molecule has 1 saturated heterocycles. The molecule has 2 aromatic carbocycles. The minimum Gasteiger partial charge on any atom is -0.456 e. The second-order valence-corrected chi connectivity index (χ2v) is 9.15. The first-order chi connectivity index (χ1) is 14.7. The molecule has 0 aliphatic carbocycles. The van der Waals surface area contributed by atoms with E-state index in [1.807, 2.05) is 6.92 Å². The summed E-state index contributed by atoms with van der Waals surface area (Å²) in [5.41, 5.74) is -1.94. The number of halogens is 4. The average molecular weight is 469 g/mol. The molecule has 8 heteroatoms. The van der Waals surface area contributed by atoms with E-state index in [-0.39, 0.29) is 28.1 Å². The zero-order chi connectivity index (χ0) is 24.1. The largest absolute Gasteiger partial charge is 0.456 e. The molecule has 0 saturated carbocycles. The number of carbonyl (C=O) groups excluding carboxylic acids is 2. The number of Topliss-reactive ketones (excluding diaryl/α,β-unsaturated/α-hetero) is 2. The molecule has 1 fully saturated rings. The Morgan fingerprint density at radius 2 is 1.59 bits per heavy atom. The molecule has 1 aliphatic rings. The summed E-state index contributed by atoms with van der Waals surface area (Å²) in [4.78, 5) is 26.3. The Labute approximate surface area is 189 Å². The van der Waals surface area contributed by atoms with Gasteiger partial charge >= 0.3 is 6.18 Å². The fourth-order valence-electron chi connectivity index (χ4n) is 3.95. The van der Waals surface area contributed by atoms with Crippen LogP contribution in [0.2, 0.25) is 5.02 Å². The van der Waals surface area contributed by atoms with Gasteiger partial charge in [-0.1, -0.05) is 24.6 Å². The molecule has 0 amide bonds. The van der Waals surface area contributed by atoms with E-state index in [0.29, 0.717) is 12.0 Å². The van der Waals surface area contributed by atoms with Crippen molar-refractivity contribution in [1.29, 1.82) is 0 Å². The first-order valence-electron chi connectivity index (χ1n) is 10.1. The highest BCUT2D eigenvalue weighted by atomic mass is 35.5. The maximum absolute atomic E-state index is 13.2. The Morgan fingerprint density at radius 1 is 1.00 bits per heavy atom. The zero-order valence-corrected chi connectivity index (χ0v) is 19.1. The van der Waals surface area contributed by atoms with Gasteiger partial charge in [0.1, 0.15) is 28.6 Å². The van der Waals surface area contributed by atoms with E-state index in [9.17, 15) is 22.8 Å². The van der Waals surface area contributed by atoms with Gasteiger partial charge in [-0.25, -0.2) is 0 Å². The van der Waals surface area contributed by atoms with Crippen LogP contribution in [0, 0.1) is 0 Å². The second kappa shape index (κ2) is 8.19. The molecular formula is C24H24ClF3O4. The number of benzene rings is 2. The van der Waals surface area contributed by atoms with E-state index < -0.39 is 28.9 Å². The van der Waals surface area contributed by atoms with E-state index in [1.54, 1.807) is 45.9 Å². The molecule has 2 aromatic rings. The van der Waals surface area contributed by atoms with Crippen LogP contribution >= 0.6 is 11.6 Å². The summed E-state index contributed by atoms with van der Waals surface area (Å²) in [6, 6.07) is 7.73. The molecule has 3 rings (SSSR count). The van der Waals surface area contributed by atoms with Crippen LogP contribution < -0.4 is 4.74 Å². The van der Waals surface area contributed by atoms with Gasteiger partial charge in [-0.05, 0) is 75.6 Å². The predicted octanol–water partition coefficient (Wildman–Crippen LogP) is 6.52. The van der Waals surface area contributed by atoms with Crippen LogP contribution in [-0.4, -0.2) is 22.8 Å². The molecule has 0 radical (unpaired) electrons. The highest BCUT2D eigenvalue weighted by Gasteiger charge is 2.53. The smallest absolute Gasteiger partial charge is 0.416 e. The molecule has 0 atom stereocenters. The lowest BCUT2D eigenvalue weighted by Crippen LogP contribution is -2.58. The van der Waals surface area contributed by atoms with Crippen molar-refractivity contribution in [3.63, 3.8) is 0 Å². The highest BCUT2D eigenvalue weighted by Crippen LogP contribution is 2.42. The monoisotopic (exact) mass is 468 g/mol. The molecule has 1 aliphatic heterocycles. The first kappa shape index (κ1) is 24.3. The van der Waals surface area contributed by atoms with Gasteiger partial charge in [0, 0.05) is 0 Å².